The van der Waals surface area contributed by atoms with Crippen LogP contribution in [0.4, 0.5) is 17.1 Å². The number of para-hydroxylation sites is 2. The molecule has 1 saturated carbocycles. The van der Waals surface area contributed by atoms with Crippen LogP contribution in [0, 0.1) is 11.8 Å². The lowest BCUT2D eigenvalue weighted by Gasteiger charge is -2.50. The topological polar surface area (TPSA) is 27.6 Å². The zero-order valence-corrected chi connectivity index (χ0v) is 21.1. The predicted molar refractivity (Wildman–Crippen MR) is 150 cm³/mol. The number of rotatable bonds is 5. The van der Waals surface area contributed by atoms with Crippen LogP contribution in [0.3, 0.4) is 0 Å². The number of anilines is 2. The van der Waals surface area contributed by atoms with Gasteiger partial charge < -0.3 is 5.32 Å². The standard InChI is InChI=1S/C33H35N3/c1-22-33-30-19-27(34-25-8-4-2-5-9-25)15-14-24(30)18-32(36(22)21-23-12-13-23)29-17-16-28(20-31(29)33)35-26-10-6-3-7-11-26/h2-11,14-15,19-20,22-23,29,32-34H,12-13,16-18,21H2,1H3/t22-,29-,32+,33+/m1/s1. The van der Waals surface area contributed by atoms with Gasteiger partial charge in [-0.1, -0.05) is 48.0 Å². The number of allylic oxidation sites excluding steroid dienone is 1. The summed E-state index contributed by atoms with van der Waals surface area (Å²) >= 11 is 0. The van der Waals surface area contributed by atoms with Gasteiger partial charge in [0.15, 0.2) is 0 Å². The molecule has 4 atom stereocenters. The first-order valence-electron chi connectivity index (χ1n) is 13.8. The highest BCUT2D eigenvalue weighted by atomic mass is 15.2. The molecule has 3 aromatic carbocycles. The van der Waals surface area contributed by atoms with Gasteiger partial charge in [0.2, 0.25) is 0 Å². The molecule has 0 aromatic heterocycles. The number of fused-ring (bicyclic) bond motifs is 1. The van der Waals surface area contributed by atoms with Crippen molar-refractivity contribution in [3.05, 3.63) is 102 Å². The van der Waals surface area contributed by atoms with E-state index in [1.165, 1.54) is 49.2 Å². The van der Waals surface area contributed by atoms with Crippen molar-refractivity contribution >= 4 is 22.8 Å². The zero-order chi connectivity index (χ0) is 24.1. The molecule has 36 heavy (non-hydrogen) atoms. The average molecular weight is 474 g/mol. The fourth-order valence-electron chi connectivity index (χ4n) is 7.00. The molecule has 3 aromatic rings. The van der Waals surface area contributed by atoms with Gasteiger partial charge in [-0.3, -0.25) is 9.89 Å². The third-order valence-electron chi connectivity index (χ3n) is 8.90. The molecule has 8 rings (SSSR count). The summed E-state index contributed by atoms with van der Waals surface area (Å²) in [6.45, 7) is 3.77. The highest BCUT2D eigenvalue weighted by Crippen LogP contribution is 2.52. The van der Waals surface area contributed by atoms with Gasteiger partial charge in [-0.2, -0.15) is 0 Å². The first-order chi connectivity index (χ1) is 17.7. The van der Waals surface area contributed by atoms with Crippen molar-refractivity contribution < 1.29 is 0 Å². The van der Waals surface area contributed by atoms with Crippen molar-refractivity contribution in [1.82, 2.24) is 4.90 Å². The van der Waals surface area contributed by atoms with Crippen LogP contribution in [-0.4, -0.2) is 29.2 Å². The van der Waals surface area contributed by atoms with Gasteiger partial charge in [-0.15, -0.1) is 0 Å². The zero-order valence-electron chi connectivity index (χ0n) is 21.1. The quantitative estimate of drug-likeness (QED) is 0.412. The summed E-state index contributed by atoms with van der Waals surface area (Å²) in [5, 5.41) is 3.66. The Hall–Kier alpha value is -3.17. The summed E-state index contributed by atoms with van der Waals surface area (Å²) in [5.41, 5.74) is 9.37. The first kappa shape index (κ1) is 22.1. The summed E-state index contributed by atoms with van der Waals surface area (Å²) in [7, 11) is 0. The first-order valence-corrected chi connectivity index (χ1v) is 13.8. The van der Waals surface area contributed by atoms with Crippen LogP contribution < -0.4 is 5.32 Å². The van der Waals surface area contributed by atoms with Crippen molar-refractivity contribution in [2.45, 2.75) is 57.0 Å². The Morgan fingerprint density at radius 1 is 0.889 bits per heavy atom. The Labute approximate surface area is 215 Å². The van der Waals surface area contributed by atoms with E-state index in [2.05, 4.69) is 102 Å². The van der Waals surface area contributed by atoms with E-state index in [0.717, 1.165) is 23.7 Å². The van der Waals surface area contributed by atoms with Crippen molar-refractivity contribution in [1.29, 1.82) is 0 Å². The van der Waals surface area contributed by atoms with E-state index >= 15 is 0 Å². The van der Waals surface area contributed by atoms with Gasteiger partial charge in [0.25, 0.3) is 0 Å². The number of aliphatic imine (C=N–C) groups is 1. The van der Waals surface area contributed by atoms with Gasteiger partial charge in [0, 0.05) is 41.6 Å². The second kappa shape index (κ2) is 9.05. The van der Waals surface area contributed by atoms with Gasteiger partial charge >= 0.3 is 0 Å². The molecular formula is C33H35N3. The van der Waals surface area contributed by atoms with E-state index in [0.29, 0.717) is 23.9 Å². The number of benzene rings is 3. The third kappa shape index (κ3) is 4.10. The Bertz CT molecular complexity index is 1310. The van der Waals surface area contributed by atoms with Crippen molar-refractivity contribution in [2.24, 2.45) is 16.8 Å². The molecule has 0 unspecified atom stereocenters. The van der Waals surface area contributed by atoms with Gasteiger partial charge in [-0.25, -0.2) is 0 Å². The van der Waals surface area contributed by atoms with Crippen LogP contribution in [0.25, 0.3) is 0 Å². The summed E-state index contributed by atoms with van der Waals surface area (Å²) in [4.78, 5) is 7.98. The number of piperidine rings is 1. The molecule has 2 fully saturated rings. The summed E-state index contributed by atoms with van der Waals surface area (Å²) in [5.74, 6) is 1.98. The minimum Gasteiger partial charge on any atom is -0.356 e. The normalized spacial score (nSPS) is 28.2. The predicted octanol–water partition coefficient (Wildman–Crippen LogP) is 7.66. The van der Waals surface area contributed by atoms with E-state index in [-0.39, 0.29) is 0 Å². The third-order valence-corrected chi connectivity index (χ3v) is 8.90. The Kier molecular flexibility index (Phi) is 5.54. The molecule has 2 heterocycles. The van der Waals surface area contributed by atoms with Gasteiger partial charge in [0.1, 0.15) is 0 Å². The largest absolute Gasteiger partial charge is 0.356 e. The SMILES string of the molecule is C[C@@H]1[C@@H]2C3=CC(=Nc4ccccc4)CC[C@H]3[C@H](Cc3ccc(Nc4ccccc4)cc32)N1CC1CC1. The Balaban J connectivity index is 1.30. The highest BCUT2D eigenvalue weighted by molar-refractivity contribution is 5.98. The molecule has 2 bridgehead atoms. The van der Waals surface area contributed by atoms with Crippen LogP contribution in [0.1, 0.15) is 49.7 Å². The van der Waals surface area contributed by atoms with E-state index in [9.17, 15) is 0 Å². The van der Waals surface area contributed by atoms with Crippen molar-refractivity contribution in [2.75, 3.05) is 11.9 Å². The Morgan fingerprint density at radius 3 is 2.44 bits per heavy atom. The molecule has 3 heteroatoms. The molecule has 5 aliphatic rings. The lowest BCUT2D eigenvalue weighted by atomic mass is 9.69. The molecule has 1 saturated heterocycles. The maximum absolute atomic E-state index is 5.07. The van der Waals surface area contributed by atoms with Crippen LogP contribution in [-0.2, 0) is 6.42 Å². The fourth-order valence-corrected chi connectivity index (χ4v) is 7.00. The van der Waals surface area contributed by atoms with Crippen molar-refractivity contribution in [3.63, 3.8) is 0 Å². The molecule has 182 valence electrons. The molecule has 0 spiro atoms. The van der Waals surface area contributed by atoms with E-state index < -0.39 is 0 Å². The maximum Gasteiger partial charge on any atom is 0.0632 e. The van der Waals surface area contributed by atoms with Crippen LogP contribution >= 0.6 is 0 Å². The number of nitrogens with one attached hydrogen (secondary N) is 1. The van der Waals surface area contributed by atoms with Crippen LogP contribution in [0.15, 0.2) is 95.5 Å². The second-order valence-corrected chi connectivity index (χ2v) is 11.3. The van der Waals surface area contributed by atoms with Gasteiger partial charge in [0.05, 0.1) is 5.69 Å². The molecule has 2 aliphatic heterocycles. The fraction of sp³-hybridized carbons (Fsp3) is 0.364. The molecule has 0 radical (unpaired) electrons. The Morgan fingerprint density at radius 2 is 1.67 bits per heavy atom. The lowest BCUT2D eigenvalue weighted by Crippen LogP contribution is -2.54. The number of hydrogen-bond acceptors (Lipinski definition) is 3. The molecule has 0 amide bonds. The second-order valence-electron chi connectivity index (χ2n) is 11.3. The minimum atomic E-state index is 0.432. The number of hydrogen-bond donors (Lipinski definition) is 1. The summed E-state index contributed by atoms with van der Waals surface area (Å²) < 4.78 is 0. The van der Waals surface area contributed by atoms with E-state index in [1.54, 1.807) is 11.1 Å². The van der Waals surface area contributed by atoms with Crippen LogP contribution in [0.2, 0.25) is 0 Å². The monoisotopic (exact) mass is 473 g/mol. The molecule has 3 nitrogen and oxygen atoms in total. The van der Waals surface area contributed by atoms with Gasteiger partial charge in [-0.05, 0) is 104 Å². The molecular weight excluding hydrogens is 438 g/mol. The average Bonchev–Trinajstić information content (AvgIpc) is 3.74. The van der Waals surface area contributed by atoms with Crippen molar-refractivity contribution in [3.8, 4) is 0 Å². The summed E-state index contributed by atoms with van der Waals surface area (Å²) in [6, 6.07) is 29.3. The van der Waals surface area contributed by atoms with E-state index in [4.69, 9.17) is 4.99 Å². The molecule has 3 aliphatic carbocycles. The number of nitrogens with zero attached hydrogens (tertiary/aromatic N) is 2. The smallest absolute Gasteiger partial charge is 0.0632 e. The minimum absolute atomic E-state index is 0.432. The highest BCUT2D eigenvalue weighted by Gasteiger charge is 2.49. The molecule has 1 N–H and O–H groups in total. The lowest BCUT2D eigenvalue weighted by molar-refractivity contribution is 0.0646. The maximum atomic E-state index is 5.07. The summed E-state index contributed by atoms with van der Waals surface area (Å²) in [6.07, 6.45) is 8.79. The van der Waals surface area contributed by atoms with Crippen LogP contribution in [0.5, 0.6) is 0 Å². The van der Waals surface area contributed by atoms with E-state index in [1.807, 2.05) is 0 Å².